The van der Waals surface area contributed by atoms with Crippen LogP contribution in [0, 0.1) is 5.82 Å². The van der Waals surface area contributed by atoms with Crippen LogP contribution in [0.25, 0.3) is 5.69 Å². The van der Waals surface area contributed by atoms with Crippen molar-refractivity contribution >= 4 is 27.3 Å². The van der Waals surface area contributed by atoms with Crippen LogP contribution in [-0.2, 0) is 10.0 Å². The maximum atomic E-state index is 13.8. The first-order valence-electron chi connectivity index (χ1n) is 6.27. The minimum atomic E-state index is -4.06. The van der Waals surface area contributed by atoms with Crippen LogP contribution in [0.1, 0.15) is 0 Å². The first kappa shape index (κ1) is 15.4. The van der Waals surface area contributed by atoms with E-state index in [1.807, 2.05) is 0 Å². The van der Waals surface area contributed by atoms with Crippen molar-refractivity contribution in [2.24, 2.45) is 0 Å². The molecule has 0 saturated heterocycles. The van der Waals surface area contributed by atoms with Crippen LogP contribution in [0.4, 0.5) is 10.1 Å². The van der Waals surface area contributed by atoms with Crippen LogP contribution in [0.3, 0.4) is 0 Å². The second-order valence-electron chi connectivity index (χ2n) is 4.48. The van der Waals surface area contributed by atoms with Crippen LogP contribution in [0.2, 0.25) is 5.02 Å². The molecule has 0 aliphatic heterocycles. The lowest BCUT2D eigenvalue weighted by Gasteiger charge is -2.09. The van der Waals surface area contributed by atoms with E-state index in [4.69, 9.17) is 11.6 Å². The lowest BCUT2D eigenvalue weighted by Crippen LogP contribution is -2.14. The monoisotopic (exact) mass is 353 g/mol. The molecule has 1 aromatic heterocycles. The molecule has 0 unspecified atom stereocenters. The summed E-state index contributed by atoms with van der Waals surface area (Å²) in [5, 5.41) is 10.8. The van der Waals surface area contributed by atoms with E-state index in [1.54, 1.807) is 12.1 Å². The van der Waals surface area contributed by atoms with Gasteiger partial charge in [-0.3, -0.25) is 4.72 Å². The third-order valence-corrected chi connectivity index (χ3v) is 4.57. The fourth-order valence-electron chi connectivity index (χ4n) is 1.87. The first-order valence-corrected chi connectivity index (χ1v) is 8.13. The van der Waals surface area contributed by atoms with Gasteiger partial charge in [0.05, 0.1) is 5.69 Å². The average molecular weight is 354 g/mol. The number of aromatic nitrogens is 4. The minimum Gasteiger partial charge on any atom is -0.280 e. The van der Waals surface area contributed by atoms with Crippen molar-refractivity contribution < 1.29 is 12.8 Å². The van der Waals surface area contributed by atoms with Gasteiger partial charge in [0.2, 0.25) is 0 Å². The maximum absolute atomic E-state index is 13.8. The zero-order valence-corrected chi connectivity index (χ0v) is 13.0. The van der Waals surface area contributed by atoms with Gasteiger partial charge in [-0.25, -0.2) is 17.5 Å². The normalized spacial score (nSPS) is 11.4. The van der Waals surface area contributed by atoms with E-state index < -0.39 is 20.7 Å². The molecule has 0 saturated carbocycles. The number of rotatable bonds is 4. The Bertz CT molecular complexity index is 930. The summed E-state index contributed by atoms with van der Waals surface area (Å²) in [4.78, 5) is -0.480. The van der Waals surface area contributed by atoms with Crippen LogP contribution in [0.15, 0.2) is 53.7 Å². The van der Waals surface area contributed by atoms with Gasteiger partial charge in [-0.2, -0.15) is 0 Å². The topological polar surface area (TPSA) is 89.8 Å². The summed E-state index contributed by atoms with van der Waals surface area (Å²) in [6, 6.07) is 9.62. The Hall–Kier alpha value is -2.52. The molecule has 0 aliphatic carbocycles. The smallest absolute Gasteiger partial charge is 0.264 e. The van der Waals surface area contributed by atoms with Crippen LogP contribution >= 0.6 is 11.6 Å². The number of anilines is 1. The number of benzene rings is 2. The number of halogens is 2. The van der Waals surface area contributed by atoms with Gasteiger partial charge in [0.15, 0.2) is 0 Å². The van der Waals surface area contributed by atoms with Crippen molar-refractivity contribution in [3.05, 3.63) is 59.6 Å². The molecule has 3 rings (SSSR count). The number of tetrazole rings is 1. The van der Waals surface area contributed by atoms with E-state index >= 15 is 0 Å². The van der Waals surface area contributed by atoms with Crippen molar-refractivity contribution in [1.82, 2.24) is 20.2 Å². The molecule has 118 valence electrons. The molecular weight excluding hydrogens is 345 g/mol. The fraction of sp³-hybridized carbons (Fsp3) is 0. The van der Waals surface area contributed by atoms with E-state index in [-0.39, 0.29) is 10.7 Å². The lowest BCUT2D eigenvalue weighted by atomic mass is 10.3. The molecule has 23 heavy (non-hydrogen) atoms. The van der Waals surface area contributed by atoms with E-state index in [0.717, 1.165) is 12.1 Å². The van der Waals surface area contributed by atoms with Gasteiger partial charge in [-0.15, -0.1) is 5.10 Å². The van der Waals surface area contributed by atoms with E-state index in [0.29, 0.717) is 5.69 Å². The Morgan fingerprint density at radius 1 is 1.13 bits per heavy atom. The SMILES string of the molecule is O=S(=O)(Nc1ccc(-n2cnnn2)cc1)c1ccc(Cl)cc1F. The summed E-state index contributed by atoms with van der Waals surface area (Å²) < 4.78 is 41.9. The zero-order valence-electron chi connectivity index (χ0n) is 11.4. The minimum absolute atomic E-state index is 0.118. The molecule has 0 aliphatic rings. The van der Waals surface area contributed by atoms with Gasteiger partial charge in [0.1, 0.15) is 17.0 Å². The standard InChI is InChI=1S/C13H9ClFN5O2S/c14-9-1-6-13(12(15)7-9)23(21,22)17-10-2-4-11(5-3-10)20-8-16-18-19-20/h1-8,17H. The Morgan fingerprint density at radius 3 is 2.48 bits per heavy atom. The number of nitrogens with one attached hydrogen (secondary N) is 1. The lowest BCUT2D eigenvalue weighted by molar-refractivity contribution is 0.570. The van der Waals surface area contributed by atoms with Crippen molar-refractivity contribution in [3.63, 3.8) is 0 Å². The molecule has 0 bridgehead atoms. The number of sulfonamides is 1. The number of hydrogen-bond acceptors (Lipinski definition) is 5. The summed E-state index contributed by atoms with van der Waals surface area (Å²) >= 11 is 5.62. The molecule has 7 nitrogen and oxygen atoms in total. The molecule has 2 aromatic carbocycles. The second-order valence-corrected chi connectivity index (χ2v) is 6.57. The highest BCUT2D eigenvalue weighted by molar-refractivity contribution is 7.92. The van der Waals surface area contributed by atoms with Gasteiger partial charge >= 0.3 is 0 Å². The number of nitrogens with zero attached hydrogens (tertiary/aromatic N) is 4. The highest BCUT2D eigenvalue weighted by Crippen LogP contribution is 2.22. The van der Waals surface area contributed by atoms with Gasteiger partial charge < -0.3 is 0 Å². The summed E-state index contributed by atoms with van der Waals surface area (Å²) in [6.45, 7) is 0. The van der Waals surface area contributed by atoms with Gasteiger partial charge in [0.25, 0.3) is 10.0 Å². The van der Waals surface area contributed by atoms with Crippen molar-refractivity contribution in [3.8, 4) is 5.69 Å². The predicted molar refractivity (Wildman–Crippen MR) is 81.4 cm³/mol. The molecule has 0 atom stereocenters. The highest BCUT2D eigenvalue weighted by Gasteiger charge is 2.19. The molecule has 1 N–H and O–H groups in total. The van der Waals surface area contributed by atoms with Crippen molar-refractivity contribution in [2.75, 3.05) is 4.72 Å². The zero-order chi connectivity index (χ0) is 16.4. The summed E-state index contributed by atoms with van der Waals surface area (Å²) in [5.74, 6) is -0.921. The van der Waals surface area contributed by atoms with E-state index in [9.17, 15) is 12.8 Å². The van der Waals surface area contributed by atoms with Crippen LogP contribution in [-0.4, -0.2) is 28.6 Å². The average Bonchev–Trinajstić information content (AvgIpc) is 3.01. The molecule has 1 heterocycles. The van der Waals surface area contributed by atoms with E-state index in [1.165, 1.54) is 29.2 Å². The van der Waals surface area contributed by atoms with Gasteiger partial charge in [0, 0.05) is 10.7 Å². The molecule has 0 amide bonds. The summed E-state index contributed by atoms with van der Waals surface area (Å²) in [5.41, 5.74) is 0.923. The number of hydrogen-bond donors (Lipinski definition) is 1. The Morgan fingerprint density at radius 2 is 1.87 bits per heavy atom. The molecule has 0 spiro atoms. The maximum Gasteiger partial charge on any atom is 0.264 e. The van der Waals surface area contributed by atoms with Gasteiger partial charge in [-0.05, 0) is 52.9 Å². The molecule has 0 radical (unpaired) electrons. The Labute approximate surface area is 135 Å². The van der Waals surface area contributed by atoms with Crippen LogP contribution in [0.5, 0.6) is 0 Å². The summed E-state index contributed by atoms with van der Waals surface area (Å²) in [6.07, 6.45) is 1.41. The first-order chi connectivity index (χ1) is 11.0. The fourth-order valence-corrected chi connectivity index (χ4v) is 3.14. The van der Waals surface area contributed by atoms with Crippen molar-refractivity contribution in [2.45, 2.75) is 4.90 Å². The van der Waals surface area contributed by atoms with Crippen molar-refractivity contribution in [1.29, 1.82) is 0 Å². The third kappa shape index (κ3) is 3.30. The quantitative estimate of drug-likeness (QED) is 0.777. The largest absolute Gasteiger partial charge is 0.280 e. The molecule has 3 aromatic rings. The second kappa shape index (κ2) is 5.94. The molecule has 10 heteroatoms. The predicted octanol–water partition coefficient (Wildman–Crippen LogP) is 2.26. The molecular formula is C13H9ClFN5O2S. The Kier molecular flexibility index (Phi) is 3.97. The van der Waals surface area contributed by atoms with E-state index in [2.05, 4.69) is 20.2 Å². The Balaban J connectivity index is 1.86. The molecule has 0 fully saturated rings. The van der Waals surface area contributed by atoms with Gasteiger partial charge in [-0.1, -0.05) is 11.6 Å². The summed E-state index contributed by atoms with van der Waals surface area (Å²) in [7, 11) is -4.06. The highest BCUT2D eigenvalue weighted by atomic mass is 35.5. The third-order valence-electron chi connectivity index (χ3n) is 2.92. The van der Waals surface area contributed by atoms with Crippen LogP contribution < -0.4 is 4.72 Å².